The van der Waals surface area contributed by atoms with Crippen molar-refractivity contribution in [2.75, 3.05) is 20.8 Å². The molecule has 0 heterocycles. The van der Waals surface area contributed by atoms with Crippen LogP contribution in [0.25, 0.3) is 0 Å². The topological polar surface area (TPSA) is 47.6 Å². The fraction of sp³-hybridized carbons (Fsp3) is 0.696. The molecule has 1 rings (SSSR count). The predicted octanol–water partition coefficient (Wildman–Crippen LogP) is 6.13. The molecule has 0 saturated carbocycles. The molecule has 0 aliphatic rings. The molecular formula is C23H39NO3. The third-order valence-corrected chi connectivity index (χ3v) is 4.97. The van der Waals surface area contributed by atoms with E-state index >= 15 is 0 Å². The molecule has 0 unspecified atom stereocenters. The van der Waals surface area contributed by atoms with Crippen molar-refractivity contribution in [3.8, 4) is 11.5 Å². The van der Waals surface area contributed by atoms with Crippen LogP contribution in [0.3, 0.4) is 0 Å². The highest BCUT2D eigenvalue weighted by Gasteiger charge is 2.17. The predicted molar refractivity (Wildman–Crippen MR) is 113 cm³/mol. The third kappa shape index (κ3) is 9.69. The summed E-state index contributed by atoms with van der Waals surface area (Å²) in [6, 6.07) is 5.38. The highest BCUT2D eigenvalue weighted by atomic mass is 16.5. The monoisotopic (exact) mass is 377 g/mol. The zero-order chi connectivity index (χ0) is 19.7. The van der Waals surface area contributed by atoms with Crippen LogP contribution in [0.4, 0.5) is 0 Å². The van der Waals surface area contributed by atoms with Crippen LogP contribution < -0.4 is 14.8 Å². The number of hydrogen-bond donors (Lipinski definition) is 1. The second kappa shape index (κ2) is 15.4. The summed E-state index contributed by atoms with van der Waals surface area (Å²) >= 11 is 0. The van der Waals surface area contributed by atoms with Gasteiger partial charge in [0.1, 0.15) is 17.1 Å². The summed E-state index contributed by atoms with van der Waals surface area (Å²) in [7, 11) is 3.13. The second-order valence-corrected chi connectivity index (χ2v) is 7.18. The molecule has 0 fully saturated rings. The van der Waals surface area contributed by atoms with Crippen molar-refractivity contribution in [2.45, 2.75) is 84.0 Å². The van der Waals surface area contributed by atoms with Crippen molar-refractivity contribution >= 4 is 5.91 Å². The lowest BCUT2D eigenvalue weighted by molar-refractivity contribution is 0.0946. The summed E-state index contributed by atoms with van der Waals surface area (Å²) in [5.41, 5.74) is 0.474. The minimum atomic E-state index is -0.132. The molecule has 0 aromatic heterocycles. The molecule has 0 saturated heterocycles. The molecule has 4 nitrogen and oxygen atoms in total. The van der Waals surface area contributed by atoms with Gasteiger partial charge >= 0.3 is 0 Å². The molecule has 1 aromatic carbocycles. The Labute approximate surface area is 166 Å². The first-order valence-corrected chi connectivity index (χ1v) is 10.7. The van der Waals surface area contributed by atoms with E-state index in [9.17, 15) is 4.79 Å². The van der Waals surface area contributed by atoms with Gasteiger partial charge in [-0.3, -0.25) is 4.79 Å². The zero-order valence-corrected chi connectivity index (χ0v) is 17.6. The minimum absolute atomic E-state index is 0.132. The molecule has 0 aliphatic heterocycles. The van der Waals surface area contributed by atoms with E-state index in [1.165, 1.54) is 70.6 Å². The average molecular weight is 378 g/mol. The molecule has 1 amide bonds. The number of methoxy groups -OCH3 is 2. The van der Waals surface area contributed by atoms with Crippen LogP contribution >= 0.6 is 0 Å². The van der Waals surface area contributed by atoms with Gasteiger partial charge in [0, 0.05) is 6.54 Å². The van der Waals surface area contributed by atoms with Crippen molar-refractivity contribution in [3.63, 3.8) is 0 Å². The SMILES string of the molecule is CCCCCCCCCCCCCCNC(=O)c1c(OC)cccc1OC. The van der Waals surface area contributed by atoms with Crippen LogP contribution in [0, 0.1) is 0 Å². The van der Waals surface area contributed by atoms with Crippen LogP contribution in [0.5, 0.6) is 11.5 Å². The van der Waals surface area contributed by atoms with Crippen molar-refractivity contribution < 1.29 is 14.3 Å². The van der Waals surface area contributed by atoms with Crippen molar-refractivity contribution in [2.24, 2.45) is 0 Å². The molecule has 154 valence electrons. The molecule has 1 aromatic rings. The highest BCUT2D eigenvalue weighted by molar-refractivity contribution is 5.99. The first kappa shape index (κ1) is 23.3. The van der Waals surface area contributed by atoms with E-state index in [4.69, 9.17) is 9.47 Å². The van der Waals surface area contributed by atoms with Crippen LogP contribution in [-0.4, -0.2) is 26.7 Å². The number of carbonyl (C=O) groups is 1. The average Bonchev–Trinajstić information content (AvgIpc) is 2.70. The lowest BCUT2D eigenvalue weighted by Crippen LogP contribution is -2.25. The Morgan fingerprint density at radius 3 is 1.67 bits per heavy atom. The number of nitrogens with one attached hydrogen (secondary N) is 1. The lowest BCUT2D eigenvalue weighted by Gasteiger charge is -2.13. The number of ether oxygens (including phenoxy) is 2. The van der Waals surface area contributed by atoms with Gasteiger partial charge in [-0.1, -0.05) is 83.6 Å². The van der Waals surface area contributed by atoms with Gasteiger partial charge in [0.25, 0.3) is 5.91 Å². The van der Waals surface area contributed by atoms with Gasteiger partial charge in [0.15, 0.2) is 0 Å². The van der Waals surface area contributed by atoms with Gasteiger partial charge < -0.3 is 14.8 Å². The van der Waals surface area contributed by atoms with Gasteiger partial charge in [-0.25, -0.2) is 0 Å². The Morgan fingerprint density at radius 2 is 1.22 bits per heavy atom. The van der Waals surface area contributed by atoms with Crippen LogP contribution in [0.1, 0.15) is 94.3 Å². The van der Waals surface area contributed by atoms with Gasteiger partial charge in [-0.15, -0.1) is 0 Å². The Kier molecular flexibility index (Phi) is 13.3. The summed E-state index contributed by atoms with van der Waals surface area (Å²) in [5, 5.41) is 2.98. The molecule has 0 spiro atoms. The summed E-state index contributed by atoms with van der Waals surface area (Å²) < 4.78 is 10.6. The summed E-state index contributed by atoms with van der Waals surface area (Å²) in [5.74, 6) is 0.954. The van der Waals surface area contributed by atoms with Crippen LogP contribution in [0.2, 0.25) is 0 Å². The summed E-state index contributed by atoms with van der Waals surface area (Å²) in [6.07, 6.45) is 15.8. The number of benzene rings is 1. The van der Waals surface area contributed by atoms with Crippen LogP contribution in [0.15, 0.2) is 18.2 Å². The van der Waals surface area contributed by atoms with E-state index in [1.807, 2.05) is 6.07 Å². The fourth-order valence-electron chi connectivity index (χ4n) is 3.33. The van der Waals surface area contributed by atoms with Gasteiger partial charge in [0.2, 0.25) is 0 Å². The van der Waals surface area contributed by atoms with Crippen molar-refractivity contribution in [1.29, 1.82) is 0 Å². The Balaban J connectivity index is 2.08. The normalized spacial score (nSPS) is 10.6. The Morgan fingerprint density at radius 1 is 0.778 bits per heavy atom. The summed E-state index contributed by atoms with van der Waals surface area (Å²) in [6.45, 7) is 2.96. The maximum Gasteiger partial charge on any atom is 0.258 e. The molecule has 1 N–H and O–H groups in total. The molecule has 0 radical (unpaired) electrons. The number of rotatable bonds is 16. The molecule has 0 aliphatic carbocycles. The first-order valence-electron chi connectivity index (χ1n) is 10.7. The van der Waals surface area contributed by atoms with Crippen LogP contribution in [-0.2, 0) is 0 Å². The maximum atomic E-state index is 12.4. The summed E-state index contributed by atoms with van der Waals surface area (Å²) in [4.78, 5) is 12.4. The van der Waals surface area contributed by atoms with E-state index < -0.39 is 0 Å². The Bertz CT molecular complexity index is 494. The molecule has 0 atom stereocenters. The second-order valence-electron chi connectivity index (χ2n) is 7.18. The van der Waals surface area contributed by atoms with E-state index in [1.54, 1.807) is 26.4 Å². The Hall–Kier alpha value is -1.71. The number of amides is 1. The minimum Gasteiger partial charge on any atom is -0.496 e. The zero-order valence-electron chi connectivity index (χ0n) is 17.6. The maximum absolute atomic E-state index is 12.4. The quantitative estimate of drug-likeness (QED) is 0.352. The van der Waals surface area contributed by atoms with Gasteiger partial charge in [-0.05, 0) is 18.6 Å². The molecular weight excluding hydrogens is 338 g/mol. The smallest absolute Gasteiger partial charge is 0.258 e. The van der Waals surface area contributed by atoms with E-state index in [2.05, 4.69) is 12.2 Å². The largest absolute Gasteiger partial charge is 0.496 e. The lowest BCUT2D eigenvalue weighted by atomic mass is 10.1. The van der Waals surface area contributed by atoms with E-state index in [0.717, 1.165) is 6.42 Å². The van der Waals surface area contributed by atoms with E-state index in [-0.39, 0.29) is 5.91 Å². The number of unbranched alkanes of at least 4 members (excludes halogenated alkanes) is 11. The van der Waals surface area contributed by atoms with E-state index in [0.29, 0.717) is 23.6 Å². The van der Waals surface area contributed by atoms with Gasteiger partial charge in [0.05, 0.1) is 14.2 Å². The molecule has 27 heavy (non-hydrogen) atoms. The first-order chi connectivity index (χ1) is 13.2. The van der Waals surface area contributed by atoms with Gasteiger partial charge in [-0.2, -0.15) is 0 Å². The number of carbonyl (C=O) groups excluding carboxylic acids is 1. The van der Waals surface area contributed by atoms with Crippen molar-refractivity contribution in [1.82, 2.24) is 5.32 Å². The van der Waals surface area contributed by atoms with Crippen molar-refractivity contribution in [3.05, 3.63) is 23.8 Å². The molecule has 4 heteroatoms. The number of hydrogen-bond acceptors (Lipinski definition) is 3. The standard InChI is InChI=1S/C23H39NO3/c1-4-5-6-7-8-9-10-11-12-13-14-15-19-24-23(25)22-20(26-2)17-16-18-21(22)27-3/h16-18H,4-15,19H2,1-3H3,(H,24,25). The molecule has 0 bridgehead atoms. The highest BCUT2D eigenvalue weighted by Crippen LogP contribution is 2.27. The third-order valence-electron chi connectivity index (χ3n) is 4.97. The fourth-order valence-corrected chi connectivity index (χ4v) is 3.33.